The van der Waals surface area contributed by atoms with Gasteiger partial charge in [-0.3, -0.25) is 0 Å². The van der Waals surface area contributed by atoms with Gasteiger partial charge in [-0.25, -0.2) is 0 Å². The number of hydrogen-bond acceptors (Lipinski definition) is 6. The minimum atomic E-state index is 0.210. The number of thiol groups is 2. The Morgan fingerprint density at radius 3 is 1.31 bits per heavy atom. The summed E-state index contributed by atoms with van der Waals surface area (Å²) in [6, 6.07) is 16.6. The van der Waals surface area contributed by atoms with Crippen molar-refractivity contribution in [3.8, 4) is 11.5 Å². The largest absolute Gasteiger partial charge is 0.497 e. The number of ether oxygens (including phenoxy) is 2. The molecule has 0 fully saturated rings. The van der Waals surface area contributed by atoms with Crippen LogP contribution >= 0.6 is 25.3 Å². The van der Waals surface area contributed by atoms with E-state index in [0.717, 1.165) is 36.1 Å². The molecule has 2 N–H and O–H groups in total. The molecular formula is C20H28N2O2S2. The van der Waals surface area contributed by atoms with Gasteiger partial charge in [-0.05, 0) is 35.4 Å². The Kier molecular flexibility index (Phi) is 9.18. The minimum Gasteiger partial charge on any atom is -0.497 e. The fourth-order valence-electron chi connectivity index (χ4n) is 2.74. The molecule has 0 spiro atoms. The van der Waals surface area contributed by atoms with E-state index in [4.69, 9.17) is 9.47 Å². The summed E-state index contributed by atoms with van der Waals surface area (Å²) in [4.78, 5) is 0. The molecule has 142 valence electrons. The van der Waals surface area contributed by atoms with Crippen LogP contribution in [-0.4, -0.2) is 38.8 Å². The SMILES string of the molecule is COc1ccc(C(CS)NCCNC(CS)c2ccc(OC)cc2)cc1. The van der Waals surface area contributed by atoms with Crippen molar-refractivity contribution >= 4 is 25.3 Å². The first-order chi connectivity index (χ1) is 12.7. The lowest BCUT2D eigenvalue weighted by Gasteiger charge is -2.20. The summed E-state index contributed by atoms with van der Waals surface area (Å²) in [6.45, 7) is 1.69. The number of hydrogen-bond donors (Lipinski definition) is 4. The number of rotatable bonds is 11. The molecule has 0 bridgehead atoms. The van der Waals surface area contributed by atoms with E-state index in [1.165, 1.54) is 11.1 Å². The van der Waals surface area contributed by atoms with Gasteiger partial charge in [-0.15, -0.1) is 0 Å². The maximum absolute atomic E-state index is 5.21. The van der Waals surface area contributed by atoms with Crippen molar-refractivity contribution in [3.05, 3.63) is 59.7 Å². The number of nitrogens with one attached hydrogen (secondary N) is 2. The van der Waals surface area contributed by atoms with Crippen LogP contribution < -0.4 is 20.1 Å². The van der Waals surface area contributed by atoms with Crippen molar-refractivity contribution < 1.29 is 9.47 Å². The molecule has 2 aromatic carbocycles. The number of methoxy groups -OCH3 is 2. The van der Waals surface area contributed by atoms with Crippen molar-refractivity contribution in [2.75, 3.05) is 38.8 Å². The molecule has 2 unspecified atom stereocenters. The zero-order chi connectivity index (χ0) is 18.8. The average molecular weight is 393 g/mol. The molecule has 26 heavy (non-hydrogen) atoms. The molecule has 2 rings (SSSR count). The van der Waals surface area contributed by atoms with Gasteiger partial charge in [0.15, 0.2) is 0 Å². The summed E-state index contributed by atoms with van der Waals surface area (Å²) < 4.78 is 10.4. The van der Waals surface area contributed by atoms with Crippen LogP contribution in [0, 0.1) is 0 Å². The van der Waals surface area contributed by atoms with Gasteiger partial charge < -0.3 is 20.1 Å². The first-order valence-corrected chi connectivity index (χ1v) is 9.94. The third-order valence-corrected chi connectivity index (χ3v) is 5.04. The van der Waals surface area contributed by atoms with E-state index in [2.05, 4.69) is 60.2 Å². The highest BCUT2D eigenvalue weighted by Gasteiger charge is 2.11. The van der Waals surface area contributed by atoms with Gasteiger partial charge in [-0.2, -0.15) is 25.3 Å². The molecule has 6 heteroatoms. The molecule has 0 aliphatic rings. The summed E-state index contributed by atoms with van der Waals surface area (Å²) in [7, 11) is 3.35. The fraction of sp³-hybridized carbons (Fsp3) is 0.400. The van der Waals surface area contributed by atoms with Crippen molar-refractivity contribution in [2.24, 2.45) is 0 Å². The van der Waals surface area contributed by atoms with Crippen LogP contribution in [0.2, 0.25) is 0 Å². The Hall–Kier alpha value is -1.34. The van der Waals surface area contributed by atoms with E-state index in [9.17, 15) is 0 Å². The predicted octanol–water partition coefficient (Wildman–Crippen LogP) is 3.53. The topological polar surface area (TPSA) is 42.5 Å². The lowest BCUT2D eigenvalue weighted by Crippen LogP contribution is -2.33. The van der Waals surface area contributed by atoms with E-state index in [1.807, 2.05) is 24.3 Å². The van der Waals surface area contributed by atoms with Crippen LogP contribution in [0.25, 0.3) is 0 Å². The molecule has 0 aromatic heterocycles. The highest BCUT2D eigenvalue weighted by atomic mass is 32.1. The summed E-state index contributed by atoms with van der Waals surface area (Å²) >= 11 is 8.95. The quantitative estimate of drug-likeness (QED) is 0.349. The van der Waals surface area contributed by atoms with Crippen LogP contribution in [-0.2, 0) is 0 Å². The number of benzene rings is 2. The minimum absolute atomic E-state index is 0.210. The fourth-order valence-corrected chi connectivity index (χ4v) is 3.42. The van der Waals surface area contributed by atoms with Gasteiger partial charge >= 0.3 is 0 Å². The molecule has 0 saturated carbocycles. The first-order valence-electron chi connectivity index (χ1n) is 8.68. The Balaban J connectivity index is 1.82. The second-order valence-corrected chi connectivity index (χ2v) is 6.66. The maximum atomic E-state index is 5.21. The van der Waals surface area contributed by atoms with E-state index in [1.54, 1.807) is 14.2 Å². The lowest BCUT2D eigenvalue weighted by molar-refractivity contribution is 0.414. The normalized spacial score (nSPS) is 13.2. The Morgan fingerprint density at radius 1 is 0.692 bits per heavy atom. The van der Waals surface area contributed by atoms with Crippen LogP contribution in [0.3, 0.4) is 0 Å². The highest BCUT2D eigenvalue weighted by molar-refractivity contribution is 7.80. The van der Waals surface area contributed by atoms with E-state index < -0.39 is 0 Å². The van der Waals surface area contributed by atoms with Crippen LogP contribution in [0.5, 0.6) is 11.5 Å². The Labute approximate surface area is 167 Å². The zero-order valence-corrected chi connectivity index (χ0v) is 17.1. The molecule has 2 aromatic rings. The van der Waals surface area contributed by atoms with E-state index >= 15 is 0 Å². The van der Waals surface area contributed by atoms with Crippen LogP contribution in [0.1, 0.15) is 23.2 Å². The predicted molar refractivity (Wildman–Crippen MR) is 115 cm³/mol. The smallest absolute Gasteiger partial charge is 0.118 e. The van der Waals surface area contributed by atoms with Gasteiger partial charge in [-0.1, -0.05) is 24.3 Å². The van der Waals surface area contributed by atoms with Crippen LogP contribution in [0.4, 0.5) is 0 Å². The molecular weight excluding hydrogens is 364 g/mol. The van der Waals surface area contributed by atoms with Gasteiger partial charge in [0, 0.05) is 36.7 Å². The summed E-state index contributed by atoms with van der Waals surface area (Å²) in [5, 5.41) is 7.10. The van der Waals surface area contributed by atoms with Crippen molar-refractivity contribution in [2.45, 2.75) is 12.1 Å². The lowest BCUT2D eigenvalue weighted by atomic mass is 10.1. The first kappa shape index (κ1) is 21.0. The highest BCUT2D eigenvalue weighted by Crippen LogP contribution is 2.20. The maximum Gasteiger partial charge on any atom is 0.118 e. The summed E-state index contributed by atoms with van der Waals surface area (Å²) in [5.74, 6) is 3.20. The van der Waals surface area contributed by atoms with Crippen molar-refractivity contribution in [3.63, 3.8) is 0 Å². The molecule has 0 heterocycles. The summed E-state index contributed by atoms with van der Waals surface area (Å²) in [5.41, 5.74) is 2.42. The average Bonchev–Trinajstić information content (AvgIpc) is 2.71. The molecule has 0 amide bonds. The van der Waals surface area contributed by atoms with Gasteiger partial charge in [0.05, 0.1) is 14.2 Å². The molecule has 0 radical (unpaired) electrons. The molecule has 0 aliphatic heterocycles. The van der Waals surface area contributed by atoms with Gasteiger partial charge in [0.25, 0.3) is 0 Å². The van der Waals surface area contributed by atoms with E-state index in [-0.39, 0.29) is 12.1 Å². The second-order valence-electron chi connectivity index (χ2n) is 5.92. The molecule has 2 atom stereocenters. The summed E-state index contributed by atoms with van der Waals surface area (Å²) in [6.07, 6.45) is 0. The van der Waals surface area contributed by atoms with Gasteiger partial charge in [0.1, 0.15) is 11.5 Å². The zero-order valence-electron chi connectivity index (χ0n) is 15.3. The monoisotopic (exact) mass is 392 g/mol. The van der Waals surface area contributed by atoms with Gasteiger partial charge in [0.2, 0.25) is 0 Å². The van der Waals surface area contributed by atoms with Crippen molar-refractivity contribution in [1.29, 1.82) is 0 Å². The third kappa shape index (κ3) is 6.13. The second kappa shape index (κ2) is 11.4. The standard InChI is InChI=1S/C20H28N2O2S2/c1-23-17-7-3-15(4-8-17)19(13-25)21-11-12-22-20(14-26)16-5-9-18(24-2)10-6-16/h3-10,19-22,25-26H,11-14H2,1-2H3. The molecule has 0 saturated heterocycles. The molecule has 0 aliphatic carbocycles. The Morgan fingerprint density at radius 2 is 1.04 bits per heavy atom. The van der Waals surface area contributed by atoms with Crippen molar-refractivity contribution in [1.82, 2.24) is 10.6 Å². The van der Waals surface area contributed by atoms with E-state index in [0.29, 0.717) is 0 Å². The Bertz CT molecular complexity index is 578. The third-order valence-electron chi connectivity index (χ3n) is 4.31. The van der Waals surface area contributed by atoms with Crippen LogP contribution in [0.15, 0.2) is 48.5 Å². The molecule has 4 nitrogen and oxygen atoms in total.